The summed E-state index contributed by atoms with van der Waals surface area (Å²) in [7, 11) is 1.48. The van der Waals surface area contributed by atoms with Crippen molar-refractivity contribution in [1.29, 1.82) is 0 Å². The summed E-state index contributed by atoms with van der Waals surface area (Å²) < 4.78 is 18.6. The lowest BCUT2D eigenvalue weighted by molar-refractivity contribution is 0.386. The van der Waals surface area contributed by atoms with E-state index in [1.165, 1.54) is 35.4 Å². The van der Waals surface area contributed by atoms with Gasteiger partial charge in [0.15, 0.2) is 11.6 Å². The molecule has 1 nitrogen and oxygen atoms in total. The Bertz CT molecular complexity index is 663. The SMILES string of the molecule is CCc1cc(C)c(/C=C\Cc2ccc(OC)c(F)c2)c(C)c1. The number of ether oxygens (including phenoxy) is 1. The lowest BCUT2D eigenvalue weighted by Gasteiger charge is -2.08. The minimum absolute atomic E-state index is 0.287. The summed E-state index contributed by atoms with van der Waals surface area (Å²) >= 11 is 0. The molecule has 0 radical (unpaired) electrons. The Hall–Kier alpha value is -2.09. The average Bonchev–Trinajstić information content (AvgIpc) is 2.50. The van der Waals surface area contributed by atoms with Gasteiger partial charge in [0.05, 0.1) is 7.11 Å². The number of hydrogen-bond acceptors (Lipinski definition) is 1. The van der Waals surface area contributed by atoms with Crippen LogP contribution in [-0.2, 0) is 12.8 Å². The quantitative estimate of drug-likeness (QED) is 0.730. The van der Waals surface area contributed by atoms with Gasteiger partial charge in [0.25, 0.3) is 0 Å². The normalized spacial score (nSPS) is 11.1. The lowest BCUT2D eigenvalue weighted by Crippen LogP contribution is -1.92. The van der Waals surface area contributed by atoms with Crippen LogP contribution in [0.5, 0.6) is 5.75 Å². The Labute approximate surface area is 132 Å². The maximum absolute atomic E-state index is 13.7. The molecular formula is C20H23FO. The van der Waals surface area contributed by atoms with Crippen molar-refractivity contribution in [1.82, 2.24) is 0 Å². The number of rotatable bonds is 5. The molecule has 0 aliphatic rings. The summed E-state index contributed by atoms with van der Waals surface area (Å²) in [6, 6.07) is 9.57. The molecule has 0 amide bonds. The minimum Gasteiger partial charge on any atom is -0.494 e. The van der Waals surface area contributed by atoms with E-state index in [9.17, 15) is 4.39 Å². The first-order valence-electron chi connectivity index (χ1n) is 7.64. The highest BCUT2D eigenvalue weighted by Gasteiger charge is 2.03. The summed E-state index contributed by atoms with van der Waals surface area (Å²) in [5.41, 5.74) is 6.13. The standard InChI is InChI=1S/C20H23FO/c1-5-16-11-14(2)18(15(3)12-16)8-6-7-17-9-10-20(22-4)19(21)13-17/h6,8-13H,5,7H2,1-4H3/b8-6-. The summed E-state index contributed by atoms with van der Waals surface area (Å²) in [6.45, 7) is 6.44. The second-order valence-electron chi connectivity index (χ2n) is 5.57. The molecule has 0 aromatic heterocycles. The van der Waals surface area contributed by atoms with Gasteiger partial charge >= 0.3 is 0 Å². The maximum Gasteiger partial charge on any atom is 0.165 e. The second-order valence-corrected chi connectivity index (χ2v) is 5.57. The lowest BCUT2D eigenvalue weighted by atomic mass is 9.97. The van der Waals surface area contributed by atoms with Gasteiger partial charge in [-0.15, -0.1) is 0 Å². The van der Waals surface area contributed by atoms with Crippen molar-refractivity contribution in [3.05, 3.63) is 70.0 Å². The van der Waals surface area contributed by atoms with Crippen molar-refractivity contribution >= 4 is 6.08 Å². The van der Waals surface area contributed by atoms with Crippen molar-refractivity contribution in [3.8, 4) is 5.75 Å². The van der Waals surface area contributed by atoms with Crippen LogP contribution in [0.2, 0.25) is 0 Å². The summed E-state index contributed by atoms with van der Waals surface area (Å²) in [5, 5.41) is 0. The molecule has 2 aromatic carbocycles. The molecule has 0 unspecified atom stereocenters. The van der Waals surface area contributed by atoms with Crippen LogP contribution in [0.25, 0.3) is 6.08 Å². The van der Waals surface area contributed by atoms with Gasteiger partial charge in [-0.3, -0.25) is 0 Å². The van der Waals surface area contributed by atoms with Gasteiger partial charge < -0.3 is 4.74 Å². The summed E-state index contributed by atoms with van der Waals surface area (Å²) in [4.78, 5) is 0. The van der Waals surface area contributed by atoms with Gasteiger partial charge in [-0.25, -0.2) is 4.39 Å². The molecule has 0 heterocycles. The zero-order valence-corrected chi connectivity index (χ0v) is 13.7. The number of hydrogen-bond donors (Lipinski definition) is 0. The number of benzene rings is 2. The van der Waals surface area contributed by atoms with Crippen molar-refractivity contribution in [2.24, 2.45) is 0 Å². The van der Waals surface area contributed by atoms with Gasteiger partial charge in [-0.05, 0) is 66.6 Å². The molecule has 0 saturated carbocycles. The van der Waals surface area contributed by atoms with Gasteiger partial charge in [-0.1, -0.05) is 37.3 Å². The van der Waals surface area contributed by atoms with E-state index in [1.54, 1.807) is 6.07 Å². The molecule has 2 rings (SSSR count). The Kier molecular flexibility index (Phi) is 5.37. The fourth-order valence-corrected chi connectivity index (χ4v) is 2.68. The van der Waals surface area contributed by atoms with Crippen LogP contribution in [0, 0.1) is 19.7 Å². The third-order valence-corrected chi connectivity index (χ3v) is 3.92. The van der Waals surface area contributed by atoms with E-state index in [2.05, 4.69) is 45.1 Å². The second kappa shape index (κ2) is 7.26. The van der Waals surface area contributed by atoms with Gasteiger partial charge in [-0.2, -0.15) is 0 Å². The summed E-state index contributed by atoms with van der Waals surface area (Å²) in [5.74, 6) is -0.0253. The third kappa shape index (κ3) is 3.76. The third-order valence-electron chi connectivity index (χ3n) is 3.92. The van der Waals surface area contributed by atoms with Crippen LogP contribution in [0.1, 0.15) is 34.7 Å². The molecule has 22 heavy (non-hydrogen) atoms. The van der Waals surface area contributed by atoms with E-state index in [1.807, 2.05) is 6.07 Å². The van der Waals surface area contributed by atoms with Crippen LogP contribution in [-0.4, -0.2) is 7.11 Å². The van der Waals surface area contributed by atoms with Gasteiger partial charge in [0.1, 0.15) is 0 Å². The predicted octanol–water partition coefficient (Wildman–Crippen LogP) is 5.27. The first-order chi connectivity index (χ1) is 10.5. The van der Waals surface area contributed by atoms with E-state index in [0.29, 0.717) is 6.42 Å². The molecule has 2 aromatic rings. The van der Waals surface area contributed by atoms with Crippen molar-refractivity contribution < 1.29 is 9.13 Å². The first-order valence-corrected chi connectivity index (χ1v) is 7.64. The number of aryl methyl sites for hydroxylation is 3. The van der Waals surface area contributed by atoms with E-state index in [-0.39, 0.29) is 11.6 Å². The summed E-state index contributed by atoms with van der Waals surface area (Å²) in [6.07, 6.45) is 5.97. The largest absolute Gasteiger partial charge is 0.494 e. The van der Waals surface area contributed by atoms with Gasteiger partial charge in [0.2, 0.25) is 0 Å². The molecule has 0 aliphatic carbocycles. The highest BCUT2D eigenvalue weighted by molar-refractivity contribution is 5.59. The molecule has 0 saturated heterocycles. The van der Waals surface area contributed by atoms with Crippen LogP contribution in [0.3, 0.4) is 0 Å². The molecule has 0 fully saturated rings. The molecule has 0 spiro atoms. The highest BCUT2D eigenvalue weighted by Crippen LogP contribution is 2.21. The molecule has 0 bridgehead atoms. The smallest absolute Gasteiger partial charge is 0.165 e. The fourth-order valence-electron chi connectivity index (χ4n) is 2.68. The van der Waals surface area contributed by atoms with Crippen LogP contribution in [0.4, 0.5) is 4.39 Å². The monoisotopic (exact) mass is 298 g/mol. The molecule has 116 valence electrons. The Morgan fingerprint density at radius 2 is 1.73 bits per heavy atom. The Morgan fingerprint density at radius 1 is 1.05 bits per heavy atom. The number of allylic oxidation sites excluding steroid dienone is 1. The Morgan fingerprint density at radius 3 is 2.27 bits per heavy atom. The predicted molar refractivity (Wildman–Crippen MR) is 91.0 cm³/mol. The minimum atomic E-state index is -0.312. The number of methoxy groups -OCH3 is 1. The van der Waals surface area contributed by atoms with E-state index >= 15 is 0 Å². The molecular weight excluding hydrogens is 275 g/mol. The zero-order valence-electron chi connectivity index (χ0n) is 13.7. The van der Waals surface area contributed by atoms with E-state index in [0.717, 1.165) is 12.0 Å². The Balaban J connectivity index is 2.14. The average molecular weight is 298 g/mol. The molecule has 0 N–H and O–H groups in total. The van der Waals surface area contributed by atoms with Crippen LogP contribution < -0.4 is 4.74 Å². The molecule has 0 aliphatic heterocycles. The highest BCUT2D eigenvalue weighted by atomic mass is 19.1. The molecule has 2 heteroatoms. The van der Waals surface area contributed by atoms with Crippen LogP contribution in [0.15, 0.2) is 36.4 Å². The maximum atomic E-state index is 13.7. The van der Waals surface area contributed by atoms with Gasteiger partial charge in [0, 0.05) is 0 Å². The molecule has 0 atom stereocenters. The van der Waals surface area contributed by atoms with E-state index < -0.39 is 0 Å². The fraction of sp³-hybridized carbons (Fsp3) is 0.300. The van der Waals surface area contributed by atoms with Crippen LogP contribution >= 0.6 is 0 Å². The first kappa shape index (κ1) is 16.3. The zero-order chi connectivity index (χ0) is 16.1. The number of halogens is 1. The topological polar surface area (TPSA) is 9.23 Å². The van der Waals surface area contributed by atoms with Crippen molar-refractivity contribution in [2.45, 2.75) is 33.6 Å². The van der Waals surface area contributed by atoms with Crippen molar-refractivity contribution in [3.63, 3.8) is 0 Å². The van der Waals surface area contributed by atoms with Crippen molar-refractivity contribution in [2.75, 3.05) is 7.11 Å². The van der Waals surface area contributed by atoms with E-state index in [4.69, 9.17) is 4.74 Å².